The van der Waals surface area contributed by atoms with Gasteiger partial charge in [0.15, 0.2) is 0 Å². The minimum atomic E-state index is -0.279. The molecule has 4 aromatic rings. The fourth-order valence-electron chi connectivity index (χ4n) is 2.88. The maximum atomic E-state index is 12.7. The first kappa shape index (κ1) is 19.4. The Balaban J connectivity index is 1.51. The van der Waals surface area contributed by atoms with Gasteiger partial charge in [-0.15, -0.1) is 11.3 Å². The van der Waals surface area contributed by atoms with Crippen LogP contribution in [0.3, 0.4) is 0 Å². The maximum absolute atomic E-state index is 12.7. The highest BCUT2D eigenvalue weighted by Gasteiger charge is 2.16. The summed E-state index contributed by atoms with van der Waals surface area (Å²) in [6.45, 7) is 0.547. The molecule has 2 heterocycles. The van der Waals surface area contributed by atoms with E-state index < -0.39 is 0 Å². The molecule has 0 spiro atoms. The predicted molar refractivity (Wildman–Crippen MR) is 118 cm³/mol. The smallest absolute Gasteiger partial charge is 0.276 e. The second-order valence-electron chi connectivity index (χ2n) is 6.20. The largest absolute Gasteiger partial charge is 0.496 e. The predicted octanol–water partition coefficient (Wildman–Crippen LogP) is 5.08. The lowest BCUT2D eigenvalue weighted by Crippen LogP contribution is -2.16. The van der Waals surface area contributed by atoms with Crippen LogP contribution in [-0.4, -0.2) is 27.8 Å². The number of rotatable bonds is 6. The molecule has 0 aliphatic carbocycles. The van der Waals surface area contributed by atoms with Crippen LogP contribution in [0, 0.1) is 0 Å². The standard InChI is InChI=1S/C21H17BrN4O2S/c1-28-18-8-3-2-7-16(18)21-24-17(13-29-21)20(27)25-19-9-10-23-26(19)12-14-5-4-6-15(22)11-14/h2-11,13H,12H2,1H3,(H,25,27). The van der Waals surface area contributed by atoms with Crippen molar-refractivity contribution in [2.24, 2.45) is 0 Å². The normalized spacial score (nSPS) is 10.7. The van der Waals surface area contributed by atoms with Crippen molar-refractivity contribution < 1.29 is 9.53 Å². The van der Waals surface area contributed by atoms with Gasteiger partial charge in [0.1, 0.15) is 22.3 Å². The Hall–Kier alpha value is -2.97. The highest BCUT2D eigenvalue weighted by Crippen LogP contribution is 2.32. The molecule has 6 nitrogen and oxygen atoms in total. The van der Waals surface area contributed by atoms with Gasteiger partial charge in [-0.1, -0.05) is 40.2 Å². The average Bonchev–Trinajstić information content (AvgIpc) is 3.38. The molecular formula is C21H17BrN4O2S. The van der Waals surface area contributed by atoms with Gasteiger partial charge < -0.3 is 10.1 Å². The summed E-state index contributed by atoms with van der Waals surface area (Å²) in [7, 11) is 1.62. The number of carbonyl (C=O) groups excluding carboxylic acids is 1. The summed E-state index contributed by atoms with van der Waals surface area (Å²) in [5.41, 5.74) is 2.29. The van der Waals surface area contributed by atoms with Crippen LogP contribution in [0.25, 0.3) is 10.6 Å². The fourth-order valence-corrected chi connectivity index (χ4v) is 4.15. The van der Waals surface area contributed by atoms with Crippen LogP contribution in [0.15, 0.2) is 70.6 Å². The Bertz CT molecular complexity index is 1150. The van der Waals surface area contributed by atoms with E-state index in [0.29, 0.717) is 18.1 Å². The maximum Gasteiger partial charge on any atom is 0.276 e. The monoisotopic (exact) mass is 468 g/mol. The van der Waals surface area contributed by atoms with E-state index in [1.54, 1.807) is 29.4 Å². The van der Waals surface area contributed by atoms with E-state index in [0.717, 1.165) is 26.4 Å². The highest BCUT2D eigenvalue weighted by atomic mass is 79.9. The van der Waals surface area contributed by atoms with E-state index in [1.807, 2.05) is 48.5 Å². The molecule has 1 amide bonds. The molecule has 0 bridgehead atoms. The molecular weight excluding hydrogens is 452 g/mol. The van der Waals surface area contributed by atoms with Gasteiger partial charge in [-0.25, -0.2) is 9.67 Å². The number of anilines is 1. The lowest BCUT2D eigenvalue weighted by molar-refractivity contribution is 0.102. The van der Waals surface area contributed by atoms with Crippen molar-refractivity contribution >= 4 is 39.0 Å². The third-order valence-electron chi connectivity index (χ3n) is 4.25. The second kappa shape index (κ2) is 8.59. The van der Waals surface area contributed by atoms with Gasteiger partial charge >= 0.3 is 0 Å². The minimum absolute atomic E-state index is 0.279. The molecule has 2 aromatic carbocycles. The van der Waals surface area contributed by atoms with Crippen molar-refractivity contribution in [3.63, 3.8) is 0 Å². The van der Waals surface area contributed by atoms with E-state index >= 15 is 0 Å². The van der Waals surface area contributed by atoms with Crippen LogP contribution >= 0.6 is 27.3 Å². The quantitative estimate of drug-likeness (QED) is 0.428. The average molecular weight is 469 g/mol. The summed E-state index contributed by atoms with van der Waals surface area (Å²) in [4.78, 5) is 17.2. The van der Waals surface area contributed by atoms with Gasteiger partial charge in [-0.2, -0.15) is 5.10 Å². The fraction of sp³-hybridized carbons (Fsp3) is 0.0952. The van der Waals surface area contributed by atoms with Crippen molar-refractivity contribution in [1.82, 2.24) is 14.8 Å². The topological polar surface area (TPSA) is 69.0 Å². The van der Waals surface area contributed by atoms with Gasteiger partial charge in [0.05, 0.1) is 25.4 Å². The van der Waals surface area contributed by atoms with Crippen LogP contribution in [-0.2, 0) is 6.54 Å². The number of carbonyl (C=O) groups is 1. The minimum Gasteiger partial charge on any atom is -0.496 e. The third kappa shape index (κ3) is 4.38. The van der Waals surface area contributed by atoms with Crippen LogP contribution in [0.2, 0.25) is 0 Å². The van der Waals surface area contributed by atoms with E-state index in [1.165, 1.54) is 11.3 Å². The van der Waals surface area contributed by atoms with Crippen LogP contribution < -0.4 is 10.1 Å². The first-order chi connectivity index (χ1) is 14.1. The van der Waals surface area contributed by atoms with E-state index in [-0.39, 0.29) is 5.91 Å². The zero-order chi connectivity index (χ0) is 20.2. The van der Waals surface area contributed by atoms with Crippen molar-refractivity contribution in [3.05, 3.63) is 81.9 Å². The molecule has 0 fully saturated rings. The Kier molecular flexibility index (Phi) is 5.73. The van der Waals surface area contributed by atoms with Gasteiger partial charge in [-0.3, -0.25) is 4.79 Å². The molecule has 0 radical (unpaired) electrons. The number of thiazole rings is 1. The molecule has 4 rings (SSSR count). The number of hydrogen-bond donors (Lipinski definition) is 1. The Morgan fingerprint density at radius 2 is 2.07 bits per heavy atom. The Morgan fingerprint density at radius 1 is 1.21 bits per heavy atom. The molecule has 0 saturated carbocycles. The number of aromatic nitrogens is 3. The van der Waals surface area contributed by atoms with Crippen LogP contribution in [0.4, 0.5) is 5.82 Å². The first-order valence-electron chi connectivity index (χ1n) is 8.80. The van der Waals surface area contributed by atoms with Crippen LogP contribution in [0.1, 0.15) is 16.1 Å². The second-order valence-corrected chi connectivity index (χ2v) is 7.97. The number of hydrogen-bond acceptors (Lipinski definition) is 5. The van der Waals surface area contributed by atoms with Crippen molar-refractivity contribution in [3.8, 4) is 16.3 Å². The molecule has 0 aliphatic rings. The van der Waals surface area contributed by atoms with Gasteiger partial charge in [0, 0.05) is 15.9 Å². The number of ether oxygens (including phenoxy) is 1. The summed E-state index contributed by atoms with van der Waals surface area (Å²) in [6.07, 6.45) is 1.66. The molecule has 146 valence electrons. The molecule has 0 atom stereocenters. The molecule has 0 unspecified atom stereocenters. The van der Waals surface area contributed by atoms with Gasteiger partial charge in [0.2, 0.25) is 0 Å². The Morgan fingerprint density at radius 3 is 2.90 bits per heavy atom. The SMILES string of the molecule is COc1ccccc1-c1nc(C(=O)Nc2ccnn2Cc2cccc(Br)c2)cs1. The van der Waals surface area contributed by atoms with Crippen molar-refractivity contribution in [2.75, 3.05) is 12.4 Å². The lowest BCUT2D eigenvalue weighted by atomic mass is 10.2. The van der Waals surface area contributed by atoms with E-state index in [2.05, 4.69) is 31.3 Å². The molecule has 0 saturated heterocycles. The van der Waals surface area contributed by atoms with Crippen molar-refractivity contribution in [1.29, 1.82) is 0 Å². The van der Waals surface area contributed by atoms with Crippen molar-refractivity contribution in [2.45, 2.75) is 6.54 Å². The van der Waals surface area contributed by atoms with Gasteiger partial charge in [0.25, 0.3) is 5.91 Å². The number of benzene rings is 2. The zero-order valence-corrected chi connectivity index (χ0v) is 17.9. The molecule has 8 heteroatoms. The highest BCUT2D eigenvalue weighted by molar-refractivity contribution is 9.10. The summed E-state index contributed by atoms with van der Waals surface area (Å²) in [5, 5.41) is 9.69. The summed E-state index contributed by atoms with van der Waals surface area (Å²) in [5.74, 6) is 1.06. The number of nitrogens with one attached hydrogen (secondary N) is 1. The molecule has 2 aromatic heterocycles. The van der Waals surface area contributed by atoms with Gasteiger partial charge in [-0.05, 0) is 29.8 Å². The summed E-state index contributed by atoms with van der Waals surface area (Å²) >= 11 is 4.87. The van der Waals surface area contributed by atoms with Crippen LogP contribution in [0.5, 0.6) is 5.75 Å². The molecule has 29 heavy (non-hydrogen) atoms. The summed E-state index contributed by atoms with van der Waals surface area (Å²) < 4.78 is 8.13. The van der Waals surface area contributed by atoms with E-state index in [4.69, 9.17) is 4.74 Å². The summed E-state index contributed by atoms with van der Waals surface area (Å²) in [6, 6.07) is 17.3. The number of amides is 1. The number of methoxy groups -OCH3 is 1. The molecule has 0 aliphatic heterocycles. The molecule has 1 N–H and O–H groups in total. The number of nitrogens with zero attached hydrogens (tertiary/aromatic N) is 3. The lowest BCUT2D eigenvalue weighted by Gasteiger charge is -2.09. The zero-order valence-electron chi connectivity index (χ0n) is 15.5. The third-order valence-corrected chi connectivity index (χ3v) is 5.62. The number of halogens is 1. The number of para-hydroxylation sites is 1. The Labute approximate surface area is 180 Å². The first-order valence-corrected chi connectivity index (χ1v) is 10.5. The van der Waals surface area contributed by atoms with E-state index in [9.17, 15) is 4.79 Å².